The van der Waals surface area contributed by atoms with Crippen molar-refractivity contribution in [3.05, 3.63) is 0 Å². The monoisotopic (exact) mass is 401 g/mol. The standard InChI is InChI=1S/C6H15N.2CHF3O3S/c1-4-7(5-2)6-3;2*2-1(3,4)8(5,6)7/h4-6H2,1-3H3;2*(H,5,6,7). The van der Waals surface area contributed by atoms with Crippen LogP contribution in [0.25, 0.3) is 0 Å². The van der Waals surface area contributed by atoms with Crippen LogP contribution in [0.15, 0.2) is 0 Å². The van der Waals surface area contributed by atoms with E-state index in [9.17, 15) is 26.3 Å². The molecule has 0 aromatic rings. The summed E-state index contributed by atoms with van der Waals surface area (Å²) in [5.74, 6) is 0. The Balaban J connectivity index is -0.000000123. The average molecular weight is 401 g/mol. The van der Waals surface area contributed by atoms with Gasteiger partial charge < -0.3 is 9.45 Å². The van der Waals surface area contributed by atoms with Gasteiger partial charge in [0.1, 0.15) is 0 Å². The molecule has 0 rings (SSSR count). The van der Waals surface area contributed by atoms with Crippen LogP contribution in [0, 0.1) is 0 Å². The normalized spacial score (nSPS) is 12.9. The first-order chi connectivity index (χ1) is 9.85. The van der Waals surface area contributed by atoms with Crippen LogP contribution in [-0.4, -0.2) is 61.5 Å². The van der Waals surface area contributed by atoms with Crippen molar-refractivity contribution in [2.45, 2.75) is 31.8 Å². The van der Waals surface area contributed by atoms with Crippen molar-refractivity contribution in [3.8, 4) is 0 Å². The Labute approximate surface area is 131 Å². The molecule has 144 valence electrons. The highest BCUT2D eigenvalue weighted by Crippen LogP contribution is 2.21. The van der Waals surface area contributed by atoms with Gasteiger partial charge in [0.05, 0.1) is 0 Å². The molecule has 0 spiro atoms. The van der Waals surface area contributed by atoms with Crippen LogP contribution in [0.2, 0.25) is 0 Å². The molecule has 0 bridgehead atoms. The first-order valence-corrected chi connectivity index (χ1v) is 8.48. The van der Waals surface area contributed by atoms with Crippen LogP contribution in [0.5, 0.6) is 0 Å². The molecule has 0 aliphatic rings. The summed E-state index contributed by atoms with van der Waals surface area (Å²) in [7, 11) is -11.9. The van der Waals surface area contributed by atoms with Crippen molar-refractivity contribution in [1.82, 2.24) is 4.90 Å². The van der Waals surface area contributed by atoms with Gasteiger partial charge in [-0.2, -0.15) is 34.8 Å². The number of hydrogen-bond acceptors (Lipinski definition) is 6. The van der Waals surface area contributed by atoms with E-state index in [1.54, 1.807) is 0 Å². The van der Waals surface area contributed by atoms with E-state index in [0.29, 0.717) is 0 Å². The van der Waals surface area contributed by atoms with Crippen LogP contribution in [0.3, 0.4) is 0 Å². The van der Waals surface area contributed by atoms with Crippen molar-refractivity contribution in [3.63, 3.8) is 0 Å². The third-order valence-electron chi connectivity index (χ3n) is 1.92. The lowest BCUT2D eigenvalue weighted by Crippen LogP contribution is -2.21. The molecule has 0 heterocycles. The highest BCUT2D eigenvalue weighted by atomic mass is 32.2. The quantitative estimate of drug-likeness (QED) is 0.436. The third kappa shape index (κ3) is 14.7. The number of halogens is 6. The van der Waals surface area contributed by atoms with Gasteiger partial charge in [-0.25, -0.2) is 8.42 Å². The van der Waals surface area contributed by atoms with E-state index in [1.165, 1.54) is 19.6 Å². The van der Waals surface area contributed by atoms with Crippen molar-refractivity contribution in [2.75, 3.05) is 19.6 Å². The number of hydrogen-bond donors (Lipinski definition) is 1. The van der Waals surface area contributed by atoms with Crippen LogP contribution in [0.1, 0.15) is 22.2 Å². The Morgan fingerprint density at radius 1 is 0.870 bits per heavy atom. The summed E-state index contributed by atoms with van der Waals surface area (Å²) in [6.45, 7) is 10.1. The van der Waals surface area contributed by atoms with Gasteiger partial charge in [-0.05, 0) is 19.6 Å². The van der Waals surface area contributed by atoms with Crippen LogP contribution in [0.4, 0.5) is 26.3 Å². The zero-order valence-electron chi connectivity index (χ0n) is 13.1. The molecule has 15 heteroatoms. The van der Waals surface area contributed by atoms with Gasteiger partial charge >= 0.3 is 22.6 Å². The molecule has 0 aromatic carbocycles. The average Bonchev–Trinajstić information content (AvgIpc) is 2.27. The highest BCUT2D eigenvalue weighted by molar-refractivity contribution is 7.86. The van der Waals surface area contributed by atoms with Crippen molar-refractivity contribution >= 4 is 20.2 Å². The number of rotatable bonds is 3. The van der Waals surface area contributed by atoms with Crippen LogP contribution in [-0.2, 0) is 20.2 Å². The molecular formula is C8H17F6NO6S2. The SMILES string of the molecule is CCN(CC)CC.O=S(=O)(O)C(F)(F)F.O=S(=O)([O-])C(F)(F)F.[H+]. The summed E-state index contributed by atoms with van der Waals surface area (Å²) in [4.78, 5) is 2.38. The summed E-state index contributed by atoms with van der Waals surface area (Å²) in [5.41, 5.74) is -11.2. The fourth-order valence-corrected chi connectivity index (χ4v) is 0.671. The molecule has 0 aromatic heterocycles. The van der Waals surface area contributed by atoms with Gasteiger partial charge in [0.25, 0.3) is 0 Å². The molecule has 1 N–H and O–H groups in total. The summed E-state index contributed by atoms with van der Waals surface area (Å²) in [6, 6.07) is 0. The van der Waals surface area contributed by atoms with Gasteiger partial charge in [-0.15, -0.1) is 0 Å². The summed E-state index contributed by atoms with van der Waals surface area (Å²) < 4.78 is 116. The Hall–Kier alpha value is -0.640. The maximum atomic E-state index is 10.7. The molecule has 0 saturated heterocycles. The van der Waals surface area contributed by atoms with E-state index >= 15 is 0 Å². The van der Waals surface area contributed by atoms with Crippen molar-refractivity contribution in [1.29, 1.82) is 0 Å². The molecule has 0 radical (unpaired) electrons. The van der Waals surface area contributed by atoms with Gasteiger partial charge in [0.15, 0.2) is 10.1 Å². The molecule has 23 heavy (non-hydrogen) atoms. The minimum absolute atomic E-state index is 0. The Morgan fingerprint density at radius 2 is 1.04 bits per heavy atom. The van der Waals surface area contributed by atoms with E-state index < -0.39 is 31.3 Å². The Kier molecular flexibility index (Phi) is 12.2. The molecule has 0 saturated carbocycles. The van der Waals surface area contributed by atoms with E-state index in [0.717, 1.165) is 0 Å². The van der Waals surface area contributed by atoms with Gasteiger partial charge in [-0.3, -0.25) is 4.55 Å². The third-order valence-corrected chi connectivity index (χ3v) is 3.07. The Bertz CT molecular complexity index is 467. The predicted octanol–water partition coefficient (Wildman–Crippen LogP) is 1.91. The van der Waals surface area contributed by atoms with E-state index in [4.69, 9.17) is 25.9 Å². The van der Waals surface area contributed by atoms with Crippen molar-refractivity contribution < 1.29 is 53.7 Å². The van der Waals surface area contributed by atoms with E-state index in [-0.39, 0.29) is 1.43 Å². The van der Waals surface area contributed by atoms with Gasteiger partial charge in [0, 0.05) is 0 Å². The molecule has 0 aliphatic carbocycles. The van der Waals surface area contributed by atoms with Crippen LogP contribution >= 0.6 is 0 Å². The van der Waals surface area contributed by atoms with Crippen molar-refractivity contribution in [2.24, 2.45) is 0 Å². The molecule has 0 aliphatic heterocycles. The fourth-order valence-electron chi connectivity index (χ4n) is 0.671. The molecular weight excluding hydrogens is 384 g/mol. The van der Waals surface area contributed by atoms with E-state index in [2.05, 4.69) is 25.7 Å². The second-order valence-electron chi connectivity index (χ2n) is 3.44. The van der Waals surface area contributed by atoms with E-state index in [1.807, 2.05) is 0 Å². The molecule has 7 nitrogen and oxygen atoms in total. The predicted molar refractivity (Wildman–Crippen MR) is 67.9 cm³/mol. The van der Waals surface area contributed by atoms with Gasteiger partial charge in [-0.1, -0.05) is 20.8 Å². The number of nitrogens with zero attached hydrogens (tertiary/aromatic N) is 1. The second kappa shape index (κ2) is 10.3. The van der Waals surface area contributed by atoms with Crippen LogP contribution < -0.4 is 0 Å². The fraction of sp³-hybridized carbons (Fsp3) is 1.00. The minimum Gasteiger partial charge on any atom is -0.741 e. The first kappa shape index (κ1) is 27.2. The minimum atomic E-state index is -6.09. The summed E-state index contributed by atoms with van der Waals surface area (Å²) in [5, 5.41) is 0. The first-order valence-electron chi connectivity index (χ1n) is 5.63. The maximum Gasteiger partial charge on any atom is 1.00 e. The lowest BCUT2D eigenvalue weighted by atomic mass is 10.5. The molecule has 0 fully saturated rings. The lowest BCUT2D eigenvalue weighted by molar-refractivity contribution is -0.0519. The summed E-state index contributed by atoms with van der Waals surface area (Å²) in [6.07, 6.45) is 0. The van der Waals surface area contributed by atoms with Gasteiger partial charge in [0.2, 0.25) is 0 Å². The zero-order valence-corrected chi connectivity index (χ0v) is 13.8. The Morgan fingerprint density at radius 3 is 1.04 bits per heavy atom. The number of alkyl halides is 6. The zero-order chi connectivity index (χ0) is 19.7. The topological polar surface area (TPSA) is 115 Å². The maximum absolute atomic E-state index is 10.7. The molecule has 0 atom stereocenters. The molecule has 0 amide bonds. The lowest BCUT2D eigenvalue weighted by Gasteiger charge is -2.13. The second-order valence-corrected chi connectivity index (χ2v) is 6.22. The highest BCUT2D eigenvalue weighted by Gasteiger charge is 2.44. The smallest absolute Gasteiger partial charge is 0.741 e. The molecule has 0 unspecified atom stereocenters. The summed E-state index contributed by atoms with van der Waals surface area (Å²) >= 11 is 0. The largest absolute Gasteiger partial charge is 1.00 e.